The van der Waals surface area contributed by atoms with E-state index in [1.807, 2.05) is 12.1 Å². The molecule has 0 spiro atoms. The minimum Gasteiger partial charge on any atom is -0.494 e. The third-order valence-electron chi connectivity index (χ3n) is 5.99. The highest BCUT2D eigenvalue weighted by Gasteiger charge is 2.26. The van der Waals surface area contributed by atoms with Crippen molar-refractivity contribution in [1.29, 1.82) is 0 Å². The molecule has 164 valence electrons. The van der Waals surface area contributed by atoms with Gasteiger partial charge in [0.15, 0.2) is 23.1 Å². The third kappa shape index (κ3) is 3.67. The van der Waals surface area contributed by atoms with Gasteiger partial charge in [-0.3, -0.25) is 0 Å². The summed E-state index contributed by atoms with van der Waals surface area (Å²) in [4.78, 5) is 3.60. The van der Waals surface area contributed by atoms with Crippen LogP contribution in [0.15, 0.2) is 60.7 Å². The second kappa shape index (κ2) is 8.55. The van der Waals surface area contributed by atoms with Crippen LogP contribution in [-0.2, 0) is 13.0 Å². The van der Waals surface area contributed by atoms with Crippen LogP contribution in [0.3, 0.4) is 0 Å². The van der Waals surface area contributed by atoms with Crippen LogP contribution in [0.1, 0.15) is 28.4 Å². The Bertz CT molecular complexity index is 1270. The first-order valence-corrected chi connectivity index (χ1v) is 10.6. The number of nitrogens with one attached hydrogen (secondary N) is 2. The Morgan fingerprint density at radius 1 is 0.938 bits per heavy atom. The smallest absolute Gasteiger partial charge is 0.165 e. The molecule has 1 aliphatic heterocycles. The van der Waals surface area contributed by atoms with Gasteiger partial charge in [-0.05, 0) is 53.4 Å². The fourth-order valence-corrected chi connectivity index (χ4v) is 4.40. The van der Waals surface area contributed by atoms with E-state index in [0.717, 1.165) is 29.6 Å². The fourth-order valence-electron chi connectivity index (χ4n) is 4.40. The molecular formula is C26H25FN2O3. The molecule has 0 aliphatic carbocycles. The standard InChI is InChI=1S/C26H25FN2O3/c1-30-23-13-16(7-9-20(23)27)15-32-22-10-8-17(14-24(22)31-2)25-26-19(11-12-28-25)18-5-3-4-6-21(18)29-26/h3-10,13-14,25,28-29H,11-12,15H2,1-2H3. The number of para-hydroxylation sites is 1. The summed E-state index contributed by atoms with van der Waals surface area (Å²) in [5.74, 6) is 1.09. The Morgan fingerprint density at radius 3 is 2.62 bits per heavy atom. The van der Waals surface area contributed by atoms with E-state index in [4.69, 9.17) is 14.2 Å². The van der Waals surface area contributed by atoms with Gasteiger partial charge in [0.2, 0.25) is 0 Å². The molecule has 1 aromatic heterocycles. The van der Waals surface area contributed by atoms with Crippen LogP contribution in [0.25, 0.3) is 10.9 Å². The van der Waals surface area contributed by atoms with Crippen molar-refractivity contribution >= 4 is 10.9 Å². The molecule has 32 heavy (non-hydrogen) atoms. The summed E-state index contributed by atoms with van der Waals surface area (Å²) in [6.07, 6.45) is 0.995. The highest BCUT2D eigenvalue weighted by molar-refractivity contribution is 5.85. The summed E-state index contributed by atoms with van der Waals surface area (Å²) in [6.45, 7) is 1.19. The van der Waals surface area contributed by atoms with Gasteiger partial charge in [-0.1, -0.05) is 30.3 Å². The Kier molecular flexibility index (Phi) is 5.45. The van der Waals surface area contributed by atoms with Crippen LogP contribution < -0.4 is 19.5 Å². The Balaban J connectivity index is 1.41. The fraction of sp³-hybridized carbons (Fsp3) is 0.231. The molecule has 1 aliphatic rings. The molecule has 0 bridgehead atoms. The number of benzene rings is 3. The van der Waals surface area contributed by atoms with Crippen molar-refractivity contribution in [3.63, 3.8) is 0 Å². The first-order chi connectivity index (χ1) is 15.7. The van der Waals surface area contributed by atoms with E-state index in [1.54, 1.807) is 19.2 Å². The number of hydrogen-bond acceptors (Lipinski definition) is 4. The monoisotopic (exact) mass is 432 g/mol. The van der Waals surface area contributed by atoms with Crippen molar-refractivity contribution in [2.24, 2.45) is 0 Å². The molecular weight excluding hydrogens is 407 g/mol. The molecule has 2 N–H and O–H groups in total. The molecule has 1 atom stereocenters. The predicted molar refractivity (Wildman–Crippen MR) is 122 cm³/mol. The lowest BCUT2D eigenvalue weighted by molar-refractivity contribution is 0.283. The van der Waals surface area contributed by atoms with Crippen molar-refractivity contribution in [1.82, 2.24) is 10.3 Å². The number of fused-ring (bicyclic) bond motifs is 3. The molecule has 0 fully saturated rings. The molecule has 0 radical (unpaired) electrons. The number of rotatable bonds is 6. The van der Waals surface area contributed by atoms with E-state index < -0.39 is 5.82 Å². The van der Waals surface area contributed by atoms with Gasteiger partial charge in [0.1, 0.15) is 6.61 Å². The zero-order valence-electron chi connectivity index (χ0n) is 18.1. The minimum atomic E-state index is -0.394. The molecule has 5 rings (SSSR count). The van der Waals surface area contributed by atoms with Crippen LogP contribution >= 0.6 is 0 Å². The SMILES string of the molecule is COc1cc(COc2ccc(C3NCCc4c3[nH]c3ccccc43)cc2OC)ccc1F. The molecule has 0 saturated carbocycles. The van der Waals surface area contributed by atoms with E-state index >= 15 is 0 Å². The molecule has 2 heterocycles. The maximum atomic E-state index is 13.7. The van der Waals surface area contributed by atoms with Crippen LogP contribution in [-0.4, -0.2) is 25.7 Å². The van der Waals surface area contributed by atoms with E-state index in [-0.39, 0.29) is 18.4 Å². The van der Waals surface area contributed by atoms with Gasteiger partial charge in [0, 0.05) is 23.1 Å². The minimum absolute atomic E-state index is 0.0514. The number of aromatic amines is 1. The number of halogens is 1. The third-order valence-corrected chi connectivity index (χ3v) is 5.99. The van der Waals surface area contributed by atoms with Gasteiger partial charge in [0.05, 0.1) is 20.3 Å². The zero-order chi connectivity index (χ0) is 22.1. The van der Waals surface area contributed by atoms with Crippen LogP contribution in [0.2, 0.25) is 0 Å². The summed E-state index contributed by atoms with van der Waals surface area (Å²) in [7, 11) is 3.08. The summed E-state index contributed by atoms with van der Waals surface area (Å²) >= 11 is 0. The van der Waals surface area contributed by atoms with Gasteiger partial charge in [-0.2, -0.15) is 0 Å². The van der Waals surface area contributed by atoms with Gasteiger partial charge >= 0.3 is 0 Å². The normalized spacial score (nSPS) is 15.4. The summed E-state index contributed by atoms with van der Waals surface area (Å²) in [6, 6.07) is 19.2. The van der Waals surface area contributed by atoms with Gasteiger partial charge in [-0.15, -0.1) is 0 Å². The quantitative estimate of drug-likeness (QED) is 0.443. The number of methoxy groups -OCH3 is 2. The van der Waals surface area contributed by atoms with Crippen molar-refractivity contribution in [2.45, 2.75) is 19.1 Å². The van der Waals surface area contributed by atoms with Crippen LogP contribution in [0.5, 0.6) is 17.2 Å². The Labute approximate surface area is 186 Å². The summed E-state index contributed by atoms with van der Waals surface area (Å²) in [5, 5.41) is 4.91. The average molecular weight is 432 g/mol. The molecule has 0 saturated heterocycles. The highest BCUT2D eigenvalue weighted by atomic mass is 19.1. The molecule has 4 aromatic rings. The lowest BCUT2D eigenvalue weighted by Crippen LogP contribution is -2.30. The molecule has 3 aromatic carbocycles. The second-order valence-corrected chi connectivity index (χ2v) is 7.87. The lowest BCUT2D eigenvalue weighted by Gasteiger charge is -2.25. The van der Waals surface area contributed by atoms with E-state index in [1.165, 1.54) is 29.8 Å². The van der Waals surface area contributed by atoms with E-state index in [2.05, 4.69) is 40.6 Å². The first kappa shape index (κ1) is 20.4. The van der Waals surface area contributed by atoms with Crippen molar-refractivity contribution in [2.75, 3.05) is 20.8 Å². The van der Waals surface area contributed by atoms with Crippen molar-refractivity contribution in [3.05, 3.63) is 88.9 Å². The number of ether oxygens (including phenoxy) is 3. The largest absolute Gasteiger partial charge is 0.494 e. The number of H-pyrrole nitrogens is 1. The van der Waals surface area contributed by atoms with Crippen LogP contribution in [0, 0.1) is 5.82 Å². The van der Waals surface area contributed by atoms with E-state index in [9.17, 15) is 4.39 Å². The highest BCUT2D eigenvalue weighted by Crippen LogP contribution is 2.37. The number of aromatic nitrogens is 1. The average Bonchev–Trinajstić information content (AvgIpc) is 3.22. The summed E-state index contributed by atoms with van der Waals surface area (Å²) in [5.41, 5.74) is 5.64. The molecule has 1 unspecified atom stereocenters. The van der Waals surface area contributed by atoms with E-state index in [0.29, 0.717) is 11.5 Å². The molecule has 5 nitrogen and oxygen atoms in total. The molecule has 0 amide bonds. The molecule has 6 heteroatoms. The topological polar surface area (TPSA) is 55.5 Å². The zero-order valence-corrected chi connectivity index (χ0v) is 18.1. The summed E-state index contributed by atoms with van der Waals surface area (Å²) < 4.78 is 30.3. The second-order valence-electron chi connectivity index (χ2n) is 7.87. The first-order valence-electron chi connectivity index (χ1n) is 10.6. The predicted octanol–water partition coefficient (Wildman–Crippen LogP) is 5.14. The van der Waals surface area contributed by atoms with Crippen molar-refractivity contribution < 1.29 is 18.6 Å². The Hall–Kier alpha value is -3.51. The maximum Gasteiger partial charge on any atom is 0.165 e. The van der Waals surface area contributed by atoms with Gasteiger partial charge < -0.3 is 24.5 Å². The Morgan fingerprint density at radius 2 is 1.78 bits per heavy atom. The van der Waals surface area contributed by atoms with Crippen LogP contribution in [0.4, 0.5) is 4.39 Å². The van der Waals surface area contributed by atoms with Crippen molar-refractivity contribution in [3.8, 4) is 17.2 Å². The number of hydrogen-bond donors (Lipinski definition) is 2. The van der Waals surface area contributed by atoms with Gasteiger partial charge in [0.25, 0.3) is 0 Å². The maximum absolute atomic E-state index is 13.7. The lowest BCUT2D eigenvalue weighted by atomic mass is 9.94. The van der Waals surface area contributed by atoms with Gasteiger partial charge in [-0.25, -0.2) is 4.39 Å².